The second kappa shape index (κ2) is 5.93. The summed E-state index contributed by atoms with van der Waals surface area (Å²) in [6, 6.07) is 6.32. The Morgan fingerprint density at radius 3 is 2.67 bits per heavy atom. The Bertz CT molecular complexity index is 387. The fourth-order valence-electron chi connectivity index (χ4n) is 2.34. The number of aromatic nitrogens is 1. The Morgan fingerprint density at radius 1 is 1.39 bits per heavy atom. The number of pyridine rings is 1. The summed E-state index contributed by atoms with van der Waals surface area (Å²) in [7, 11) is 0. The van der Waals surface area contributed by atoms with E-state index >= 15 is 0 Å². The predicted octanol–water partition coefficient (Wildman–Crippen LogP) is 0.246. The first kappa shape index (κ1) is 13.0. The van der Waals surface area contributed by atoms with Gasteiger partial charge in [-0.25, -0.2) is 0 Å². The van der Waals surface area contributed by atoms with Crippen molar-refractivity contribution in [1.29, 1.82) is 0 Å². The average Bonchev–Trinajstić information content (AvgIpc) is 2.39. The number of carbonyl (C=O) groups excluding carboxylic acids is 1. The predicted molar refractivity (Wildman–Crippen MR) is 69.9 cm³/mol. The summed E-state index contributed by atoms with van der Waals surface area (Å²) in [5.41, 5.74) is 6.30. The summed E-state index contributed by atoms with van der Waals surface area (Å²) < 4.78 is 0. The number of nitrogens with zero attached hydrogens (tertiary/aromatic N) is 3. The van der Waals surface area contributed by atoms with Gasteiger partial charge in [-0.3, -0.25) is 19.6 Å². The highest BCUT2D eigenvalue weighted by Gasteiger charge is 2.22. The lowest BCUT2D eigenvalue weighted by molar-refractivity contribution is -0.119. The molecule has 1 atom stereocenters. The lowest BCUT2D eigenvalue weighted by Gasteiger charge is -2.37. The molecule has 1 unspecified atom stereocenters. The van der Waals surface area contributed by atoms with Gasteiger partial charge in [0.1, 0.15) is 0 Å². The van der Waals surface area contributed by atoms with Gasteiger partial charge in [0.2, 0.25) is 5.91 Å². The van der Waals surface area contributed by atoms with Crippen LogP contribution in [0, 0.1) is 0 Å². The summed E-state index contributed by atoms with van der Waals surface area (Å²) in [6.07, 6.45) is 1.83. The molecule has 0 saturated carbocycles. The zero-order valence-electron chi connectivity index (χ0n) is 10.7. The van der Waals surface area contributed by atoms with E-state index in [4.69, 9.17) is 5.73 Å². The molecule has 2 N–H and O–H groups in total. The number of rotatable bonds is 4. The topological polar surface area (TPSA) is 62.5 Å². The molecule has 18 heavy (non-hydrogen) atoms. The molecule has 1 aliphatic heterocycles. The van der Waals surface area contributed by atoms with Gasteiger partial charge in [0.25, 0.3) is 0 Å². The fraction of sp³-hybridized carbons (Fsp3) is 0.538. The molecule has 0 spiro atoms. The van der Waals surface area contributed by atoms with Crippen molar-refractivity contribution >= 4 is 5.91 Å². The van der Waals surface area contributed by atoms with E-state index in [1.807, 2.05) is 18.3 Å². The monoisotopic (exact) mass is 248 g/mol. The van der Waals surface area contributed by atoms with Crippen LogP contribution in [-0.4, -0.2) is 53.4 Å². The molecule has 0 aromatic carbocycles. The maximum absolute atomic E-state index is 10.9. The van der Waals surface area contributed by atoms with Crippen LogP contribution >= 0.6 is 0 Å². The number of primary amides is 1. The molecular weight excluding hydrogens is 228 g/mol. The average molecular weight is 248 g/mol. The van der Waals surface area contributed by atoms with E-state index in [1.165, 1.54) is 0 Å². The summed E-state index contributed by atoms with van der Waals surface area (Å²) in [4.78, 5) is 19.7. The maximum Gasteiger partial charge on any atom is 0.231 e. The summed E-state index contributed by atoms with van der Waals surface area (Å²) >= 11 is 0. The Hall–Kier alpha value is -1.46. The number of carbonyl (C=O) groups is 1. The first-order valence-electron chi connectivity index (χ1n) is 6.32. The number of piperazine rings is 1. The van der Waals surface area contributed by atoms with Crippen molar-refractivity contribution in [3.63, 3.8) is 0 Å². The number of hydrogen-bond donors (Lipinski definition) is 1. The van der Waals surface area contributed by atoms with E-state index in [0.29, 0.717) is 12.6 Å². The molecule has 98 valence electrons. The Balaban J connectivity index is 1.88. The molecule has 5 nitrogen and oxygen atoms in total. The van der Waals surface area contributed by atoms with Gasteiger partial charge in [-0.1, -0.05) is 6.07 Å². The van der Waals surface area contributed by atoms with E-state index < -0.39 is 0 Å². The van der Waals surface area contributed by atoms with Gasteiger partial charge in [-0.2, -0.15) is 0 Å². The van der Waals surface area contributed by atoms with Crippen LogP contribution in [0.1, 0.15) is 18.7 Å². The highest BCUT2D eigenvalue weighted by molar-refractivity contribution is 5.75. The molecule has 0 aliphatic carbocycles. The molecule has 0 radical (unpaired) electrons. The molecule has 5 heteroatoms. The third-order valence-electron chi connectivity index (χ3n) is 3.45. The second-order valence-electron chi connectivity index (χ2n) is 4.71. The Morgan fingerprint density at radius 2 is 2.11 bits per heavy atom. The summed E-state index contributed by atoms with van der Waals surface area (Å²) in [5, 5.41) is 0. The lowest BCUT2D eigenvalue weighted by Crippen LogP contribution is -2.49. The molecular formula is C13H20N4O. The molecule has 0 bridgehead atoms. The molecule has 1 fully saturated rings. The SMILES string of the molecule is CC(c1ccccn1)N1CCN(CC(N)=O)CC1. The van der Waals surface area contributed by atoms with E-state index in [0.717, 1.165) is 31.9 Å². The zero-order valence-corrected chi connectivity index (χ0v) is 10.7. The van der Waals surface area contributed by atoms with Gasteiger partial charge in [-0.05, 0) is 19.1 Å². The van der Waals surface area contributed by atoms with Gasteiger partial charge in [-0.15, -0.1) is 0 Å². The van der Waals surface area contributed by atoms with E-state index in [-0.39, 0.29) is 5.91 Å². The maximum atomic E-state index is 10.9. The third kappa shape index (κ3) is 3.27. The molecule has 2 heterocycles. The molecule has 1 aliphatic rings. The van der Waals surface area contributed by atoms with Crippen molar-refractivity contribution in [3.8, 4) is 0 Å². The van der Waals surface area contributed by atoms with Crippen LogP contribution in [0.3, 0.4) is 0 Å². The van der Waals surface area contributed by atoms with Crippen LogP contribution in [0.4, 0.5) is 0 Å². The quantitative estimate of drug-likeness (QED) is 0.829. The van der Waals surface area contributed by atoms with Crippen molar-refractivity contribution < 1.29 is 4.79 Å². The summed E-state index contributed by atoms with van der Waals surface area (Å²) in [6.45, 7) is 6.22. The van der Waals surface area contributed by atoms with Gasteiger partial charge in [0.05, 0.1) is 12.2 Å². The highest BCUT2D eigenvalue weighted by Crippen LogP contribution is 2.19. The van der Waals surface area contributed by atoms with Crippen LogP contribution < -0.4 is 5.73 Å². The van der Waals surface area contributed by atoms with Crippen LogP contribution in [0.5, 0.6) is 0 Å². The Labute approximate surface area is 108 Å². The highest BCUT2D eigenvalue weighted by atomic mass is 16.1. The molecule has 1 amide bonds. The van der Waals surface area contributed by atoms with Crippen molar-refractivity contribution in [2.45, 2.75) is 13.0 Å². The molecule has 1 aromatic rings. The van der Waals surface area contributed by atoms with E-state index in [9.17, 15) is 4.79 Å². The van der Waals surface area contributed by atoms with Crippen molar-refractivity contribution in [2.75, 3.05) is 32.7 Å². The fourth-order valence-corrected chi connectivity index (χ4v) is 2.34. The number of amides is 1. The largest absolute Gasteiger partial charge is 0.369 e. The number of nitrogens with two attached hydrogens (primary N) is 1. The van der Waals surface area contributed by atoms with E-state index in [2.05, 4.69) is 27.8 Å². The molecule has 1 aromatic heterocycles. The van der Waals surface area contributed by atoms with Crippen molar-refractivity contribution in [3.05, 3.63) is 30.1 Å². The standard InChI is InChI=1S/C13H20N4O/c1-11(12-4-2-3-5-15-12)17-8-6-16(7-9-17)10-13(14)18/h2-5,11H,6-10H2,1H3,(H2,14,18). The van der Waals surface area contributed by atoms with Gasteiger partial charge in [0.15, 0.2) is 0 Å². The lowest BCUT2D eigenvalue weighted by atomic mass is 10.1. The first-order valence-corrected chi connectivity index (χ1v) is 6.32. The van der Waals surface area contributed by atoms with Gasteiger partial charge >= 0.3 is 0 Å². The molecule has 1 saturated heterocycles. The van der Waals surface area contributed by atoms with E-state index in [1.54, 1.807) is 0 Å². The minimum absolute atomic E-state index is 0.249. The minimum atomic E-state index is -0.249. The summed E-state index contributed by atoms with van der Waals surface area (Å²) in [5.74, 6) is -0.249. The second-order valence-corrected chi connectivity index (χ2v) is 4.71. The van der Waals surface area contributed by atoms with Crippen molar-refractivity contribution in [2.24, 2.45) is 5.73 Å². The third-order valence-corrected chi connectivity index (χ3v) is 3.45. The zero-order chi connectivity index (χ0) is 13.0. The normalized spacial score (nSPS) is 19.6. The Kier molecular flexibility index (Phi) is 4.28. The number of hydrogen-bond acceptors (Lipinski definition) is 4. The van der Waals surface area contributed by atoms with Crippen LogP contribution in [-0.2, 0) is 4.79 Å². The van der Waals surface area contributed by atoms with Crippen molar-refractivity contribution in [1.82, 2.24) is 14.8 Å². The van der Waals surface area contributed by atoms with Gasteiger partial charge in [0, 0.05) is 38.4 Å². The van der Waals surface area contributed by atoms with Crippen LogP contribution in [0.15, 0.2) is 24.4 Å². The minimum Gasteiger partial charge on any atom is -0.369 e. The van der Waals surface area contributed by atoms with Crippen LogP contribution in [0.2, 0.25) is 0 Å². The van der Waals surface area contributed by atoms with Crippen LogP contribution in [0.25, 0.3) is 0 Å². The molecule has 2 rings (SSSR count). The van der Waals surface area contributed by atoms with Gasteiger partial charge < -0.3 is 5.73 Å². The first-order chi connectivity index (χ1) is 8.66. The smallest absolute Gasteiger partial charge is 0.231 e.